The van der Waals surface area contributed by atoms with E-state index >= 15 is 0 Å². The minimum Gasteiger partial charge on any atom is -0.456 e. The Morgan fingerprint density at radius 1 is 0.597 bits per heavy atom. The van der Waals surface area contributed by atoms with Crippen LogP contribution in [0.2, 0.25) is 0 Å². The van der Waals surface area contributed by atoms with Crippen LogP contribution in [0.4, 0.5) is 11.4 Å². The Kier molecular flexibility index (Phi) is 7.78. The fraction of sp³-hybridized carbons (Fsp3) is 0.213. The van der Waals surface area contributed by atoms with E-state index < -0.39 is 0 Å². The molecule has 8 aromatic carbocycles. The van der Waals surface area contributed by atoms with Gasteiger partial charge in [0.05, 0.1) is 5.52 Å². The van der Waals surface area contributed by atoms with E-state index in [-0.39, 0.29) is 16.2 Å². The Morgan fingerprint density at radius 3 is 1.93 bits per heavy atom. The minimum absolute atomic E-state index is 0.0616. The molecule has 1 N–H and O–H groups in total. The molecule has 1 aliphatic heterocycles. The van der Waals surface area contributed by atoms with Gasteiger partial charge in [0, 0.05) is 92.8 Å². The maximum Gasteiger partial charge on any atom is 0.197 e. The zero-order chi connectivity index (χ0) is 45.5. The van der Waals surface area contributed by atoms with Gasteiger partial charge in [-0.15, -0.1) is 11.3 Å². The fourth-order valence-electron chi connectivity index (χ4n) is 11.9. The predicted molar refractivity (Wildman–Crippen MR) is 287 cm³/mol. The average Bonchev–Trinajstić information content (AvgIpc) is 4.05. The molecule has 0 saturated heterocycles. The number of thiophene rings is 1. The van der Waals surface area contributed by atoms with Crippen molar-refractivity contribution in [3.05, 3.63) is 150 Å². The van der Waals surface area contributed by atoms with Gasteiger partial charge in [0.1, 0.15) is 22.3 Å². The van der Waals surface area contributed by atoms with Crippen molar-refractivity contribution in [1.29, 1.82) is 0 Å². The lowest BCUT2D eigenvalue weighted by atomic mass is 9.58. The Morgan fingerprint density at radius 2 is 1.22 bits per heavy atom. The third-order valence-electron chi connectivity index (χ3n) is 15.7. The molecule has 325 valence electrons. The lowest BCUT2D eigenvalue weighted by Crippen LogP contribution is -2.37. The second-order valence-corrected chi connectivity index (χ2v) is 23.0. The lowest BCUT2D eigenvalue weighted by Gasteiger charge is -2.41. The summed E-state index contributed by atoms with van der Waals surface area (Å²) in [5.74, 6) is 0. The van der Waals surface area contributed by atoms with E-state index in [2.05, 4.69) is 200 Å². The van der Waals surface area contributed by atoms with Crippen molar-refractivity contribution in [2.75, 3.05) is 5.32 Å². The van der Waals surface area contributed by atoms with Crippen molar-refractivity contribution in [1.82, 2.24) is 4.57 Å². The quantitative estimate of drug-likeness (QED) is 0.180. The summed E-state index contributed by atoms with van der Waals surface area (Å²) in [5, 5.41) is 13.7. The number of anilines is 2. The summed E-state index contributed by atoms with van der Waals surface area (Å²) in [6.07, 6.45) is 2.38. The number of benzene rings is 8. The molecule has 4 nitrogen and oxygen atoms in total. The topological polar surface area (TPSA) is 43.2 Å². The highest BCUT2D eigenvalue weighted by Gasteiger charge is 2.38. The van der Waals surface area contributed by atoms with Crippen LogP contribution in [-0.4, -0.2) is 11.8 Å². The maximum atomic E-state index is 6.60. The summed E-state index contributed by atoms with van der Waals surface area (Å²) in [6.45, 7) is 18.9. The molecule has 1 aliphatic carbocycles. The van der Waals surface area contributed by atoms with Gasteiger partial charge >= 0.3 is 0 Å². The molecule has 12 aromatic rings. The van der Waals surface area contributed by atoms with Gasteiger partial charge in [0.2, 0.25) is 0 Å². The molecule has 14 rings (SSSR count). The Labute approximate surface area is 394 Å². The number of nitrogens with one attached hydrogen (secondary N) is 1. The van der Waals surface area contributed by atoms with Crippen LogP contribution in [0.15, 0.2) is 136 Å². The molecule has 0 spiro atoms. The molecule has 1 radical (unpaired) electrons. The van der Waals surface area contributed by atoms with E-state index in [1.165, 1.54) is 88.1 Å². The first-order chi connectivity index (χ1) is 32.2. The number of hydrogen-bond donors (Lipinski definition) is 1. The zero-order valence-electron chi connectivity index (χ0n) is 39.3. The number of hydrogen-bond acceptors (Lipinski definition) is 4. The van der Waals surface area contributed by atoms with Gasteiger partial charge in [-0.1, -0.05) is 115 Å². The summed E-state index contributed by atoms with van der Waals surface area (Å²) in [6, 6.07) is 47.6. The third kappa shape index (κ3) is 5.60. The Balaban J connectivity index is 1.08. The minimum atomic E-state index is 0.0616. The van der Waals surface area contributed by atoms with Crippen LogP contribution in [0.3, 0.4) is 0 Å². The normalized spacial score (nSPS) is 15.4. The van der Waals surface area contributed by atoms with E-state index in [1.54, 1.807) is 0 Å². The molecule has 0 bridgehead atoms. The fourth-order valence-corrected chi connectivity index (χ4v) is 13.1. The van der Waals surface area contributed by atoms with Gasteiger partial charge in [-0.3, -0.25) is 0 Å². The third-order valence-corrected chi connectivity index (χ3v) is 16.9. The number of aromatic nitrogens is 1. The number of fused-ring (bicyclic) bond motifs is 15. The number of aryl methyl sites for hydroxylation is 1. The van der Waals surface area contributed by atoms with E-state index in [1.807, 2.05) is 11.3 Å². The van der Waals surface area contributed by atoms with Crippen molar-refractivity contribution in [2.24, 2.45) is 0 Å². The van der Waals surface area contributed by atoms with E-state index in [0.29, 0.717) is 0 Å². The molecule has 0 unspecified atom stereocenters. The van der Waals surface area contributed by atoms with Crippen LogP contribution < -0.4 is 16.2 Å². The monoisotopic (exact) mass is 885 g/mol. The van der Waals surface area contributed by atoms with E-state index in [9.17, 15) is 0 Å². The van der Waals surface area contributed by atoms with Gasteiger partial charge < -0.3 is 18.7 Å². The number of rotatable bonds is 3. The first-order valence-corrected chi connectivity index (χ1v) is 24.7. The first kappa shape index (κ1) is 39.4. The summed E-state index contributed by atoms with van der Waals surface area (Å²) < 4.78 is 18.3. The molecule has 6 heteroatoms. The SMILES string of the molecule is Cc1cc(-c2cc3c(cc2Nc2ccc(C(C)(C)C)cc2)sc2cc4c(cc23)C(C)(C)CCC4(C)C)c2c3c1c1cc4c(cc1n3-c1cc3oc5ccccc5c3cc1[B]2)oc1ccccc14. The zero-order valence-corrected chi connectivity index (χ0v) is 40.1. The lowest BCUT2D eigenvalue weighted by molar-refractivity contribution is 0.332. The Hall–Kier alpha value is -6.76. The van der Waals surface area contributed by atoms with Gasteiger partial charge in [0.25, 0.3) is 0 Å². The predicted octanol–water partition coefficient (Wildman–Crippen LogP) is 16.3. The van der Waals surface area contributed by atoms with E-state index in [4.69, 9.17) is 8.83 Å². The van der Waals surface area contributed by atoms with Crippen molar-refractivity contribution in [3.63, 3.8) is 0 Å². The van der Waals surface area contributed by atoms with Gasteiger partial charge in [-0.2, -0.15) is 0 Å². The van der Waals surface area contributed by atoms with Gasteiger partial charge in [-0.25, -0.2) is 0 Å². The van der Waals surface area contributed by atoms with E-state index in [0.717, 1.165) is 71.9 Å². The smallest absolute Gasteiger partial charge is 0.197 e. The molecule has 0 saturated carbocycles. The molecule has 2 aliphatic rings. The summed E-state index contributed by atoms with van der Waals surface area (Å²) >= 11 is 1.93. The number of furan rings is 2. The highest BCUT2D eigenvalue weighted by Crippen LogP contribution is 2.51. The molecule has 0 atom stereocenters. The summed E-state index contributed by atoms with van der Waals surface area (Å²) in [5.41, 5.74) is 19.8. The summed E-state index contributed by atoms with van der Waals surface area (Å²) in [4.78, 5) is 0. The summed E-state index contributed by atoms with van der Waals surface area (Å²) in [7, 11) is 2.45. The van der Waals surface area contributed by atoms with Crippen molar-refractivity contribution < 1.29 is 8.83 Å². The largest absolute Gasteiger partial charge is 0.456 e. The highest BCUT2D eigenvalue weighted by atomic mass is 32.1. The first-order valence-electron chi connectivity index (χ1n) is 23.9. The van der Waals surface area contributed by atoms with Crippen molar-refractivity contribution in [3.8, 4) is 16.8 Å². The molecular formula is C61H50BN2O2S. The standard InChI is InChI=1S/C61H50BN2O2S/c1-32-23-42(37-24-40-41-26-44-45(61(7,8)22-21-60(44,5)6)28-54(41)67-55(40)29-47(37)63-34-19-17-33(18-20-34)59(2,3)4)57-58-56(32)43-25-38-35-13-9-11-15-50(35)65-52(38)30-48(43)64(58)49-31-53-39(27-46(49)62-57)36-14-10-12-16-51(36)66-53/h9-20,23-31,63H,21-22H2,1-8H3. The molecular weight excluding hydrogens is 836 g/mol. The highest BCUT2D eigenvalue weighted by molar-refractivity contribution is 7.25. The van der Waals surface area contributed by atoms with Crippen LogP contribution in [-0.2, 0) is 16.2 Å². The van der Waals surface area contributed by atoms with Crippen LogP contribution >= 0.6 is 11.3 Å². The van der Waals surface area contributed by atoms with Crippen LogP contribution in [0, 0.1) is 6.92 Å². The molecule has 67 heavy (non-hydrogen) atoms. The molecule has 0 fully saturated rings. The van der Waals surface area contributed by atoms with Crippen LogP contribution in [0.1, 0.15) is 83.6 Å². The molecule has 0 amide bonds. The van der Waals surface area contributed by atoms with Crippen LogP contribution in [0.5, 0.6) is 0 Å². The van der Waals surface area contributed by atoms with Crippen molar-refractivity contribution >= 4 is 127 Å². The van der Waals surface area contributed by atoms with Crippen LogP contribution in [0.25, 0.3) is 103 Å². The Bertz CT molecular complexity index is 4150. The average molecular weight is 886 g/mol. The van der Waals surface area contributed by atoms with Crippen molar-refractivity contribution in [2.45, 2.75) is 84.5 Å². The molecule has 4 aromatic heterocycles. The number of para-hydroxylation sites is 2. The second kappa shape index (κ2) is 13.2. The van der Waals surface area contributed by atoms with Gasteiger partial charge in [-0.05, 0) is 124 Å². The maximum absolute atomic E-state index is 6.60. The van der Waals surface area contributed by atoms with Gasteiger partial charge in [0.15, 0.2) is 7.28 Å². The number of nitrogens with zero attached hydrogens (tertiary/aromatic N) is 1. The molecule has 5 heterocycles. The second-order valence-electron chi connectivity index (χ2n) is 21.9.